The molecule has 0 atom stereocenters. The standard InChI is InChI=1S/C13H11BrN2O/c1-16(10-6-3-2-4-7-10)13(17)12-11(14)8-5-9-15-12/h2-9H,1H3. The number of rotatable bonds is 2. The van der Waals surface area contributed by atoms with Gasteiger partial charge in [0.2, 0.25) is 0 Å². The van der Waals surface area contributed by atoms with Gasteiger partial charge in [0.1, 0.15) is 5.69 Å². The van der Waals surface area contributed by atoms with Crippen LogP contribution in [0.15, 0.2) is 53.1 Å². The Kier molecular flexibility index (Phi) is 3.54. The molecule has 1 heterocycles. The molecule has 17 heavy (non-hydrogen) atoms. The largest absolute Gasteiger partial charge is 0.310 e. The summed E-state index contributed by atoms with van der Waals surface area (Å²) in [5, 5.41) is 0. The van der Waals surface area contributed by atoms with E-state index in [1.54, 1.807) is 30.3 Å². The van der Waals surface area contributed by atoms with E-state index in [0.717, 1.165) is 5.69 Å². The Hall–Kier alpha value is -1.68. The molecule has 1 aromatic carbocycles. The number of hydrogen-bond acceptors (Lipinski definition) is 2. The second-order valence-corrected chi connectivity index (χ2v) is 4.39. The van der Waals surface area contributed by atoms with Crippen molar-refractivity contribution in [3.63, 3.8) is 0 Å². The maximum atomic E-state index is 12.2. The number of para-hydroxylation sites is 1. The topological polar surface area (TPSA) is 33.2 Å². The van der Waals surface area contributed by atoms with Gasteiger partial charge in [0.25, 0.3) is 5.91 Å². The molecule has 0 saturated heterocycles. The number of benzene rings is 1. The van der Waals surface area contributed by atoms with Gasteiger partial charge < -0.3 is 4.90 Å². The van der Waals surface area contributed by atoms with Crippen molar-refractivity contribution in [2.45, 2.75) is 0 Å². The van der Waals surface area contributed by atoms with Gasteiger partial charge in [-0.15, -0.1) is 0 Å². The number of carbonyl (C=O) groups excluding carboxylic acids is 1. The Morgan fingerprint density at radius 2 is 1.88 bits per heavy atom. The second-order valence-electron chi connectivity index (χ2n) is 3.53. The lowest BCUT2D eigenvalue weighted by Gasteiger charge is -2.17. The Labute approximate surface area is 108 Å². The maximum absolute atomic E-state index is 12.2. The van der Waals surface area contributed by atoms with Crippen LogP contribution in [0.2, 0.25) is 0 Å². The molecule has 0 N–H and O–H groups in total. The number of nitrogens with zero attached hydrogens (tertiary/aromatic N) is 2. The fourth-order valence-electron chi connectivity index (χ4n) is 1.47. The molecule has 1 amide bonds. The van der Waals surface area contributed by atoms with Gasteiger partial charge in [-0.1, -0.05) is 18.2 Å². The third-order valence-electron chi connectivity index (χ3n) is 2.41. The molecule has 0 saturated carbocycles. The summed E-state index contributed by atoms with van der Waals surface area (Å²) in [5.41, 5.74) is 1.26. The zero-order valence-corrected chi connectivity index (χ0v) is 10.9. The van der Waals surface area contributed by atoms with Crippen molar-refractivity contribution in [3.8, 4) is 0 Å². The average molecular weight is 291 g/mol. The summed E-state index contributed by atoms with van der Waals surface area (Å²) in [6, 6.07) is 13.1. The first-order valence-electron chi connectivity index (χ1n) is 5.14. The highest BCUT2D eigenvalue weighted by Crippen LogP contribution is 2.18. The third kappa shape index (κ3) is 2.53. The minimum Gasteiger partial charge on any atom is -0.310 e. The van der Waals surface area contributed by atoms with E-state index in [9.17, 15) is 4.79 Å². The summed E-state index contributed by atoms with van der Waals surface area (Å²) < 4.78 is 0.702. The minimum atomic E-state index is -0.135. The molecular weight excluding hydrogens is 280 g/mol. The lowest BCUT2D eigenvalue weighted by molar-refractivity contribution is 0.0987. The number of amides is 1. The van der Waals surface area contributed by atoms with Crippen LogP contribution in [0.25, 0.3) is 0 Å². The fourth-order valence-corrected chi connectivity index (χ4v) is 1.90. The molecule has 4 heteroatoms. The van der Waals surface area contributed by atoms with E-state index < -0.39 is 0 Å². The predicted octanol–water partition coefficient (Wildman–Crippen LogP) is 3.12. The van der Waals surface area contributed by atoms with Crippen LogP contribution < -0.4 is 4.90 Å². The van der Waals surface area contributed by atoms with Gasteiger partial charge in [-0.25, -0.2) is 4.98 Å². The summed E-state index contributed by atoms with van der Waals surface area (Å²) in [6.07, 6.45) is 1.61. The van der Waals surface area contributed by atoms with Gasteiger partial charge in [-0.2, -0.15) is 0 Å². The smallest absolute Gasteiger partial charge is 0.277 e. The van der Waals surface area contributed by atoms with Gasteiger partial charge in [-0.05, 0) is 40.2 Å². The van der Waals surface area contributed by atoms with Crippen LogP contribution in [0.3, 0.4) is 0 Å². The van der Waals surface area contributed by atoms with Crippen LogP contribution in [0.1, 0.15) is 10.5 Å². The van der Waals surface area contributed by atoms with Crippen molar-refractivity contribution in [2.75, 3.05) is 11.9 Å². The van der Waals surface area contributed by atoms with Crippen LogP contribution in [0, 0.1) is 0 Å². The first-order valence-corrected chi connectivity index (χ1v) is 5.93. The summed E-state index contributed by atoms with van der Waals surface area (Å²) in [7, 11) is 1.73. The Morgan fingerprint density at radius 1 is 1.18 bits per heavy atom. The predicted molar refractivity (Wildman–Crippen MR) is 71.1 cm³/mol. The molecule has 0 aliphatic carbocycles. The van der Waals surface area contributed by atoms with E-state index >= 15 is 0 Å². The van der Waals surface area contributed by atoms with E-state index in [4.69, 9.17) is 0 Å². The first-order chi connectivity index (χ1) is 8.20. The molecule has 0 fully saturated rings. The van der Waals surface area contributed by atoms with Crippen molar-refractivity contribution in [3.05, 3.63) is 58.8 Å². The summed E-state index contributed by atoms with van der Waals surface area (Å²) in [6.45, 7) is 0. The highest BCUT2D eigenvalue weighted by molar-refractivity contribution is 9.10. The Morgan fingerprint density at radius 3 is 2.53 bits per heavy atom. The monoisotopic (exact) mass is 290 g/mol. The highest BCUT2D eigenvalue weighted by Gasteiger charge is 2.16. The molecule has 3 nitrogen and oxygen atoms in total. The molecule has 2 aromatic rings. The summed E-state index contributed by atoms with van der Waals surface area (Å²) in [4.78, 5) is 17.9. The molecule has 2 rings (SSSR count). The van der Waals surface area contributed by atoms with Crippen molar-refractivity contribution in [2.24, 2.45) is 0 Å². The molecule has 1 aromatic heterocycles. The second kappa shape index (κ2) is 5.10. The third-order valence-corrected chi connectivity index (χ3v) is 3.05. The van der Waals surface area contributed by atoms with Crippen molar-refractivity contribution >= 4 is 27.5 Å². The molecule has 86 valence electrons. The Balaban J connectivity index is 2.30. The van der Waals surface area contributed by atoms with Gasteiger partial charge in [0, 0.05) is 23.4 Å². The van der Waals surface area contributed by atoms with Crippen molar-refractivity contribution < 1.29 is 4.79 Å². The average Bonchev–Trinajstić information content (AvgIpc) is 2.39. The molecular formula is C13H11BrN2O. The van der Waals surface area contributed by atoms with Crippen LogP contribution in [0.4, 0.5) is 5.69 Å². The fraction of sp³-hybridized carbons (Fsp3) is 0.0769. The van der Waals surface area contributed by atoms with Gasteiger partial charge >= 0.3 is 0 Å². The van der Waals surface area contributed by atoms with Crippen LogP contribution >= 0.6 is 15.9 Å². The molecule has 0 bridgehead atoms. The van der Waals surface area contributed by atoms with Gasteiger partial charge in [-0.3, -0.25) is 4.79 Å². The normalized spacial score (nSPS) is 10.0. The lowest BCUT2D eigenvalue weighted by Crippen LogP contribution is -2.27. The number of halogens is 1. The summed E-state index contributed by atoms with van der Waals surface area (Å²) in [5.74, 6) is -0.135. The van der Waals surface area contributed by atoms with Crippen LogP contribution in [-0.4, -0.2) is 17.9 Å². The van der Waals surface area contributed by atoms with E-state index in [0.29, 0.717) is 10.2 Å². The zero-order chi connectivity index (χ0) is 12.3. The highest BCUT2D eigenvalue weighted by atomic mass is 79.9. The number of aromatic nitrogens is 1. The number of pyridine rings is 1. The number of anilines is 1. The molecule has 0 spiro atoms. The Bertz CT molecular complexity index is 528. The summed E-state index contributed by atoms with van der Waals surface area (Å²) >= 11 is 3.33. The maximum Gasteiger partial charge on any atom is 0.277 e. The van der Waals surface area contributed by atoms with E-state index in [1.165, 1.54) is 0 Å². The van der Waals surface area contributed by atoms with E-state index in [2.05, 4.69) is 20.9 Å². The van der Waals surface area contributed by atoms with Gasteiger partial charge in [0.05, 0.1) is 0 Å². The van der Waals surface area contributed by atoms with E-state index in [1.807, 2.05) is 30.3 Å². The lowest BCUT2D eigenvalue weighted by atomic mass is 10.2. The van der Waals surface area contributed by atoms with Gasteiger partial charge in [0.15, 0.2) is 0 Å². The SMILES string of the molecule is CN(C(=O)c1ncccc1Br)c1ccccc1. The molecule has 0 radical (unpaired) electrons. The quantitative estimate of drug-likeness (QED) is 0.851. The first kappa shape index (κ1) is 11.8. The van der Waals surface area contributed by atoms with Crippen molar-refractivity contribution in [1.82, 2.24) is 4.98 Å². The number of hydrogen-bond donors (Lipinski definition) is 0. The van der Waals surface area contributed by atoms with Crippen molar-refractivity contribution in [1.29, 1.82) is 0 Å². The van der Waals surface area contributed by atoms with Crippen LogP contribution in [0.5, 0.6) is 0 Å². The molecule has 0 aliphatic rings. The van der Waals surface area contributed by atoms with Crippen LogP contribution in [-0.2, 0) is 0 Å². The molecule has 0 unspecified atom stereocenters. The molecule has 0 aliphatic heterocycles. The minimum absolute atomic E-state index is 0.135. The zero-order valence-electron chi connectivity index (χ0n) is 9.30. The van der Waals surface area contributed by atoms with E-state index in [-0.39, 0.29) is 5.91 Å². The number of carbonyl (C=O) groups is 1.